The second-order valence-corrected chi connectivity index (χ2v) is 6.57. The molecule has 0 spiro atoms. The topological polar surface area (TPSA) is 93.4 Å². The van der Waals surface area contributed by atoms with E-state index in [2.05, 4.69) is 30.3 Å². The molecule has 0 aliphatic rings. The number of para-hydroxylation sites is 1. The smallest absolute Gasteiger partial charge is 0.237 e. The van der Waals surface area contributed by atoms with Gasteiger partial charge in [0, 0.05) is 16.5 Å². The van der Waals surface area contributed by atoms with Crippen molar-refractivity contribution in [1.82, 2.24) is 30.3 Å². The van der Waals surface area contributed by atoms with Crippen molar-refractivity contribution in [2.75, 3.05) is 0 Å². The van der Waals surface area contributed by atoms with E-state index in [9.17, 15) is 0 Å². The molecule has 5 rings (SSSR count). The number of nitrogens with one attached hydrogen (secondary N) is 1. The Labute approximate surface area is 151 Å². The van der Waals surface area contributed by atoms with E-state index in [4.69, 9.17) is 4.52 Å². The summed E-state index contributed by atoms with van der Waals surface area (Å²) in [7, 11) is 0. The van der Waals surface area contributed by atoms with Gasteiger partial charge in [-0.25, -0.2) is 4.98 Å². The largest absolute Gasteiger partial charge is 0.338 e. The summed E-state index contributed by atoms with van der Waals surface area (Å²) >= 11 is 1.41. The second kappa shape index (κ2) is 6.23. The SMILES string of the molecule is c1ccc(-c2noc(CSc3nnc4c(n3)[nH]c3ccccc34)n2)cc1. The molecule has 7 nitrogen and oxygen atoms in total. The van der Waals surface area contributed by atoms with Crippen molar-refractivity contribution >= 4 is 33.8 Å². The van der Waals surface area contributed by atoms with Gasteiger partial charge in [-0.15, -0.1) is 10.2 Å². The van der Waals surface area contributed by atoms with Crippen molar-refractivity contribution in [2.45, 2.75) is 10.9 Å². The summed E-state index contributed by atoms with van der Waals surface area (Å²) in [6.45, 7) is 0. The molecule has 0 aliphatic carbocycles. The van der Waals surface area contributed by atoms with Crippen LogP contribution in [0.4, 0.5) is 0 Å². The minimum atomic E-state index is 0.479. The molecule has 0 saturated carbocycles. The molecule has 0 aliphatic heterocycles. The predicted octanol–water partition coefficient (Wildman–Crippen LogP) is 3.85. The Morgan fingerprint density at radius 1 is 0.923 bits per heavy atom. The van der Waals surface area contributed by atoms with Gasteiger partial charge >= 0.3 is 0 Å². The third-order valence-electron chi connectivity index (χ3n) is 3.93. The highest BCUT2D eigenvalue weighted by atomic mass is 32.2. The average molecular weight is 360 g/mol. The molecular formula is C18H12N6OS. The van der Waals surface area contributed by atoms with Crippen LogP contribution in [0.3, 0.4) is 0 Å². The van der Waals surface area contributed by atoms with Crippen LogP contribution in [0.25, 0.3) is 33.5 Å². The quantitative estimate of drug-likeness (QED) is 0.487. The highest BCUT2D eigenvalue weighted by molar-refractivity contribution is 7.98. The monoisotopic (exact) mass is 360 g/mol. The Balaban J connectivity index is 1.37. The van der Waals surface area contributed by atoms with Crippen LogP contribution >= 0.6 is 11.8 Å². The van der Waals surface area contributed by atoms with Crippen LogP contribution in [0.5, 0.6) is 0 Å². The van der Waals surface area contributed by atoms with Crippen molar-refractivity contribution in [2.24, 2.45) is 0 Å². The number of nitrogens with zero attached hydrogens (tertiary/aromatic N) is 5. The third kappa shape index (κ3) is 2.70. The predicted molar refractivity (Wildman–Crippen MR) is 98.5 cm³/mol. The summed E-state index contributed by atoms with van der Waals surface area (Å²) in [4.78, 5) is 12.2. The minimum Gasteiger partial charge on any atom is -0.338 e. The van der Waals surface area contributed by atoms with Crippen molar-refractivity contribution in [3.05, 3.63) is 60.5 Å². The highest BCUT2D eigenvalue weighted by Crippen LogP contribution is 2.25. The molecule has 1 N–H and O–H groups in total. The number of benzene rings is 2. The maximum absolute atomic E-state index is 5.31. The number of fused-ring (bicyclic) bond motifs is 3. The molecule has 0 bridgehead atoms. The van der Waals surface area contributed by atoms with Crippen LogP contribution in [-0.2, 0) is 5.75 Å². The lowest BCUT2D eigenvalue weighted by atomic mass is 10.2. The number of hydrogen-bond acceptors (Lipinski definition) is 7. The summed E-state index contributed by atoms with van der Waals surface area (Å²) in [5, 5.41) is 14.1. The maximum Gasteiger partial charge on any atom is 0.237 e. The molecule has 0 fully saturated rings. The Bertz CT molecular complexity index is 1200. The van der Waals surface area contributed by atoms with E-state index < -0.39 is 0 Å². The van der Waals surface area contributed by atoms with E-state index in [1.54, 1.807) is 0 Å². The number of aromatic nitrogens is 6. The first kappa shape index (κ1) is 15.0. The lowest BCUT2D eigenvalue weighted by Gasteiger charge is -1.95. The number of aromatic amines is 1. The Morgan fingerprint density at radius 3 is 2.69 bits per heavy atom. The van der Waals surface area contributed by atoms with E-state index in [1.165, 1.54) is 11.8 Å². The van der Waals surface area contributed by atoms with Gasteiger partial charge in [-0.05, 0) is 6.07 Å². The maximum atomic E-state index is 5.31. The van der Waals surface area contributed by atoms with Crippen LogP contribution in [0.15, 0.2) is 64.3 Å². The second-order valence-electron chi connectivity index (χ2n) is 5.63. The van der Waals surface area contributed by atoms with Crippen molar-refractivity contribution in [3.8, 4) is 11.4 Å². The Morgan fingerprint density at radius 2 is 1.77 bits per heavy atom. The van der Waals surface area contributed by atoms with Crippen molar-refractivity contribution in [1.29, 1.82) is 0 Å². The summed E-state index contributed by atoms with van der Waals surface area (Å²) in [5.41, 5.74) is 3.41. The molecule has 0 amide bonds. The fourth-order valence-corrected chi connectivity index (χ4v) is 3.34. The van der Waals surface area contributed by atoms with E-state index >= 15 is 0 Å². The van der Waals surface area contributed by atoms with E-state index in [1.807, 2.05) is 54.6 Å². The van der Waals surface area contributed by atoms with Crippen LogP contribution in [-0.4, -0.2) is 30.3 Å². The third-order valence-corrected chi connectivity index (χ3v) is 4.75. The zero-order valence-corrected chi connectivity index (χ0v) is 14.3. The molecule has 3 aromatic heterocycles. The van der Waals surface area contributed by atoms with Gasteiger partial charge in [0.1, 0.15) is 5.52 Å². The van der Waals surface area contributed by atoms with Crippen LogP contribution in [0.1, 0.15) is 5.89 Å². The number of H-pyrrole nitrogens is 1. The molecule has 0 saturated heterocycles. The molecule has 0 radical (unpaired) electrons. The zero-order chi connectivity index (χ0) is 17.3. The molecule has 0 atom stereocenters. The molecule has 8 heteroatoms. The van der Waals surface area contributed by atoms with Gasteiger partial charge in [-0.3, -0.25) is 0 Å². The van der Waals surface area contributed by atoms with Crippen LogP contribution < -0.4 is 0 Å². The summed E-state index contributed by atoms with van der Waals surface area (Å²) in [6.07, 6.45) is 0. The highest BCUT2D eigenvalue weighted by Gasteiger charge is 2.12. The molecule has 5 aromatic rings. The number of thioether (sulfide) groups is 1. The molecule has 2 aromatic carbocycles. The van der Waals surface area contributed by atoms with Gasteiger partial charge in [-0.1, -0.05) is 65.4 Å². The summed E-state index contributed by atoms with van der Waals surface area (Å²) in [5.74, 6) is 1.58. The van der Waals surface area contributed by atoms with Gasteiger partial charge < -0.3 is 9.51 Å². The minimum absolute atomic E-state index is 0.479. The van der Waals surface area contributed by atoms with Crippen LogP contribution in [0.2, 0.25) is 0 Å². The van der Waals surface area contributed by atoms with Gasteiger partial charge in [0.2, 0.25) is 16.9 Å². The molecule has 26 heavy (non-hydrogen) atoms. The first-order valence-corrected chi connectivity index (χ1v) is 8.97. The summed E-state index contributed by atoms with van der Waals surface area (Å²) < 4.78 is 5.31. The first-order valence-electron chi connectivity index (χ1n) is 7.99. The van der Waals surface area contributed by atoms with Crippen LogP contribution in [0, 0.1) is 0 Å². The number of hydrogen-bond donors (Lipinski definition) is 1. The average Bonchev–Trinajstić information content (AvgIpc) is 3.31. The molecule has 126 valence electrons. The fraction of sp³-hybridized carbons (Fsp3) is 0.0556. The Kier molecular flexibility index (Phi) is 3.60. The van der Waals surface area contributed by atoms with Crippen molar-refractivity contribution in [3.63, 3.8) is 0 Å². The summed E-state index contributed by atoms with van der Waals surface area (Å²) in [6, 6.07) is 17.7. The first-order chi connectivity index (χ1) is 12.9. The fourth-order valence-electron chi connectivity index (χ4n) is 2.71. The molecule has 0 unspecified atom stereocenters. The molecule has 3 heterocycles. The lowest BCUT2D eigenvalue weighted by molar-refractivity contribution is 0.391. The van der Waals surface area contributed by atoms with Gasteiger partial charge in [-0.2, -0.15) is 4.98 Å². The van der Waals surface area contributed by atoms with Gasteiger partial charge in [0.05, 0.1) is 5.75 Å². The van der Waals surface area contributed by atoms with Crippen molar-refractivity contribution < 1.29 is 4.52 Å². The Hall–Kier alpha value is -3.26. The van der Waals surface area contributed by atoms with Gasteiger partial charge in [0.25, 0.3) is 0 Å². The van der Waals surface area contributed by atoms with E-state index in [-0.39, 0.29) is 0 Å². The standard InChI is InChI=1S/C18H12N6OS/c1-2-6-11(7-3-1)16-20-14(25-24-16)10-26-18-21-17-15(22-23-18)12-8-4-5-9-13(12)19-17/h1-9H,10H2,(H,19,21,23). The number of rotatable bonds is 4. The zero-order valence-electron chi connectivity index (χ0n) is 13.5. The lowest BCUT2D eigenvalue weighted by Crippen LogP contribution is -1.92. The van der Waals surface area contributed by atoms with Gasteiger partial charge in [0.15, 0.2) is 5.65 Å². The van der Waals surface area contributed by atoms with E-state index in [0.717, 1.165) is 27.6 Å². The van der Waals surface area contributed by atoms with E-state index in [0.29, 0.717) is 22.6 Å². The normalized spacial score (nSPS) is 11.4. The molecular weight excluding hydrogens is 348 g/mol.